The van der Waals surface area contributed by atoms with Gasteiger partial charge in [0.25, 0.3) is 0 Å². The molecule has 25 heavy (non-hydrogen) atoms. The van der Waals surface area contributed by atoms with Crippen LogP contribution in [0.3, 0.4) is 0 Å². The van der Waals surface area contributed by atoms with Crippen molar-refractivity contribution in [1.82, 2.24) is 0 Å². The Labute approximate surface area is 158 Å². The van der Waals surface area contributed by atoms with Crippen molar-refractivity contribution in [3.63, 3.8) is 0 Å². The Balaban J connectivity index is 2.43. The monoisotopic (exact) mass is 412 g/mol. The molecule has 2 rings (SSSR count). The zero-order valence-electron chi connectivity index (χ0n) is 15.9. The zero-order valence-corrected chi connectivity index (χ0v) is 19.5. The Bertz CT molecular complexity index is 595. The van der Waals surface area contributed by atoms with Gasteiger partial charge < -0.3 is 0 Å². The van der Waals surface area contributed by atoms with E-state index in [9.17, 15) is 0 Å². The summed E-state index contributed by atoms with van der Waals surface area (Å²) < 4.78 is 25.7. The summed E-state index contributed by atoms with van der Waals surface area (Å²) in [7, 11) is -3.94. The first-order chi connectivity index (χ1) is 11.6. The van der Waals surface area contributed by atoms with Crippen LogP contribution in [0, 0.1) is 0 Å². The summed E-state index contributed by atoms with van der Waals surface area (Å²) in [6.07, 6.45) is 0. The molecule has 136 valence electrons. The molecule has 0 saturated heterocycles. The van der Waals surface area contributed by atoms with Crippen molar-refractivity contribution in [3.05, 3.63) is 60.7 Å². The summed E-state index contributed by atoms with van der Waals surface area (Å²) in [5.74, 6) is 1.44. The minimum absolute atomic E-state index is 0.718. The molecule has 4 nitrogen and oxygen atoms in total. The Morgan fingerprint density at radius 2 is 0.880 bits per heavy atom. The topological polar surface area (TPSA) is 36.9 Å². The van der Waals surface area contributed by atoms with Crippen LogP contribution in [0.25, 0.3) is 0 Å². The second kappa shape index (κ2) is 8.20. The van der Waals surface area contributed by atoms with Crippen LogP contribution in [-0.4, -0.2) is 16.6 Å². The maximum atomic E-state index is 6.50. The van der Waals surface area contributed by atoms with E-state index in [0.29, 0.717) is 0 Å². The Hall–Kier alpha value is -0.892. The molecule has 0 aliphatic carbocycles. The van der Waals surface area contributed by atoms with Crippen molar-refractivity contribution >= 4 is 16.6 Å². The minimum atomic E-state index is -4.06. The number of rotatable bonds is 8. The summed E-state index contributed by atoms with van der Waals surface area (Å²) in [5.41, 5.74) is 0. The average molecular weight is 412 g/mol. The van der Waals surface area contributed by atoms with Gasteiger partial charge >= 0.3 is 159 Å². The first kappa shape index (κ1) is 20.4. The van der Waals surface area contributed by atoms with Crippen LogP contribution in [0.15, 0.2) is 60.7 Å². The maximum absolute atomic E-state index is 6.50. The molecule has 0 aliphatic rings. The van der Waals surface area contributed by atoms with Crippen molar-refractivity contribution in [1.29, 1.82) is 0 Å². The van der Waals surface area contributed by atoms with Crippen molar-refractivity contribution in [2.24, 2.45) is 0 Å². The zero-order chi connectivity index (χ0) is 18.6. The van der Waals surface area contributed by atoms with Crippen LogP contribution in [0.1, 0.15) is 0 Å². The van der Waals surface area contributed by atoms with Gasteiger partial charge in [-0.05, 0) is 0 Å². The van der Waals surface area contributed by atoms with E-state index in [-0.39, 0.29) is 0 Å². The van der Waals surface area contributed by atoms with Gasteiger partial charge in [-0.15, -0.1) is 0 Å². The summed E-state index contributed by atoms with van der Waals surface area (Å²) >= 11 is -4.06. The number of benzene rings is 2. The van der Waals surface area contributed by atoms with Gasteiger partial charge in [0.05, 0.1) is 0 Å². The molecule has 0 amide bonds. The molecular formula is C18H28O4Si2Ti. The summed E-state index contributed by atoms with van der Waals surface area (Å²) in [6, 6.07) is 19.3. The number of hydrogen-bond acceptors (Lipinski definition) is 4. The first-order valence-electron chi connectivity index (χ1n) is 8.45. The molecule has 0 unspecified atom stereocenters. The summed E-state index contributed by atoms with van der Waals surface area (Å²) in [4.78, 5) is 0. The molecular weight excluding hydrogens is 384 g/mol. The predicted octanol–water partition coefficient (Wildman–Crippen LogP) is 5.66. The molecule has 0 radical (unpaired) electrons. The van der Waals surface area contributed by atoms with E-state index in [1.165, 1.54) is 0 Å². The van der Waals surface area contributed by atoms with Gasteiger partial charge in [-0.1, -0.05) is 0 Å². The van der Waals surface area contributed by atoms with Gasteiger partial charge in [-0.25, -0.2) is 0 Å². The molecule has 0 spiro atoms. The van der Waals surface area contributed by atoms with Crippen LogP contribution < -0.4 is 6.64 Å². The molecule has 0 aliphatic heterocycles. The third-order valence-electron chi connectivity index (χ3n) is 2.83. The van der Waals surface area contributed by atoms with Crippen LogP contribution in [0.4, 0.5) is 0 Å². The summed E-state index contributed by atoms with van der Waals surface area (Å²) in [5, 5.41) is 0. The third kappa shape index (κ3) is 7.48. The van der Waals surface area contributed by atoms with Gasteiger partial charge in [0.2, 0.25) is 0 Å². The van der Waals surface area contributed by atoms with Crippen LogP contribution in [0.5, 0.6) is 11.5 Å². The van der Waals surface area contributed by atoms with Crippen molar-refractivity contribution in [2.45, 2.75) is 39.3 Å². The van der Waals surface area contributed by atoms with Crippen LogP contribution in [0.2, 0.25) is 39.3 Å². The standard InChI is InChI=1S/2C6H6O.2C3H9OSi.Ti/c2*7-6-4-2-1-3-5-6;2*1-5(2,3)4;/h2*1-5,7H;2*1-3H3;/q;;2*-1;+4/p-2. The molecule has 0 N–H and O–H groups in total. The van der Waals surface area contributed by atoms with Crippen LogP contribution in [-0.2, 0) is 24.2 Å². The fourth-order valence-electron chi connectivity index (χ4n) is 2.14. The Morgan fingerprint density at radius 1 is 0.560 bits per heavy atom. The van der Waals surface area contributed by atoms with Crippen LogP contribution >= 0.6 is 0 Å². The van der Waals surface area contributed by atoms with E-state index in [4.69, 9.17) is 12.7 Å². The summed E-state index contributed by atoms with van der Waals surface area (Å²) in [6.45, 7) is 12.8. The van der Waals surface area contributed by atoms with Crippen molar-refractivity contribution < 1.29 is 30.8 Å². The fraction of sp³-hybridized carbons (Fsp3) is 0.333. The SMILES string of the molecule is C[Si](C)(C)[O][Ti]([O]c1ccccc1)([O]c1ccccc1)[O][Si](C)(C)C. The van der Waals surface area contributed by atoms with Gasteiger partial charge in [0, 0.05) is 0 Å². The van der Waals surface area contributed by atoms with E-state index in [1.54, 1.807) is 0 Å². The normalized spacial score (nSPS) is 12.7. The van der Waals surface area contributed by atoms with E-state index in [2.05, 4.69) is 39.3 Å². The fourth-order valence-corrected chi connectivity index (χ4v) is 13.8. The Kier molecular flexibility index (Phi) is 6.70. The molecule has 0 saturated carbocycles. The van der Waals surface area contributed by atoms with Crippen molar-refractivity contribution in [3.8, 4) is 11.5 Å². The molecule has 2 aromatic carbocycles. The first-order valence-corrected chi connectivity index (χ1v) is 17.8. The van der Waals surface area contributed by atoms with Gasteiger partial charge in [-0.2, -0.15) is 0 Å². The predicted molar refractivity (Wildman–Crippen MR) is 103 cm³/mol. The average Bonchev–Trinajstić information content (AvgIpc) is 2.45. The molecule has 7 heteroatoms. The number of para-hydroxylation sites is 2. The molecule has 0 aromatic heterocycles. The molecule has 2 aromatic rings. The van der Waals surface area contributed by atoms with Gasteiger partial charge in [0.1, 0.15) is 0 Å². The van der Waals surface area contributed by atoms with E-state index in [0.717, 1.165) is 11.5 Å². The molecule has 0 fully saturated rings. The van der Waals surface area contributed by atoms with Gasteiger partial charge in [-0.3, -0.25) is 0 Å². The number of hydrogen-bond donors (Lipinski definition) is 0. The Morgan fingerprint density at radius 3 is 1.16 bits per heavy atom. The third-order valence-corrected chi connectivity index (χ3v) is 14.2. The molecule has 0 bridgehead atoms. The second-order valence-electron chi connectivity index (χ2n) is 7.76. The van der Waals surface area contributed by atoms with E-state index >= 15 is 0 Å². The van der Waals surface area contributed by atoms with Gasteiger partial charge in [0.15, 0.2) is 0 Å². The van der Waals surface area contributed by atoms with Crippen molar-refractivity contribution in [2.75, 3.05) is 0 Å². The quantitative estimate of drug-likeness (QED) is 0.524. The van der Waals surface area contributed by atoms with E-state index in [1.807, 2.05) is 60.7 Å². The molecule has 0 atom stereocenters. The molecule has 0 heterocycles. The second-order valence-corrected chi connectivity index (χ2v) is 20.7. The van der Waals surface area contributed by atoms with E-state index < -0.39 is 34.8 Å².